The second-order valence-electron chi connectivity index (χ2n) is 3.73. The summed E-state index contributed by atoms with van der Waals surface area (Å²) >= 11 is 0. The van der Waals surface area contributed by atoms with Crippen molar-refractivity contribution in [3.63, 3.8) is 0 Å². The van der Waals surface area contributed by atoms with Crippen LogP contribution in [0.5, 0.6) is 0 Å². The highest BCUT2D eigenvalue weighted by molar-refractivity contribution is 5.09. The SMILES string of the molecule is C=C1CC2CCC(O)C2C1. The smallest absolute Gasteiger partial charge is 0.0574 e. The van der Waals surface area contributed by atoms with Gasteiger partial charge in [0.1, 0.15) is 0 Å². The van der Waals surface area contributed by atoms with Crippen LogP contribution in [0.15, 0.2) is 12.2 Å². The summed E-state index contributed by atoms with van der Waals surface area (Å²) in [5.41, 5.74) is 1.36. The van der Waals surface area contributed by atoms with Crippen LogP contribution < -0.4 is 0 Å². The molecular weight excluding hydrogens is 124 g/mol. The third kappa shape index (κ3) is 0.807. The predicted octanol–water partition coefficient (Wildman–Crippen LogP) is 1.72. The van der Waals surface area contributed by atoms with Gasteiger partial charge in [-0.05, 0) is 37.5 Å². The van der Waals surface area contributed by atoms with Gasteiger partial charge in [0, 0.05) is 0 Å². The molecule has 3 unspecified atom stereocenters. The molecule has 0 amide bonds. The van der Waals surface area contributed by atoms with Crippen LogP contribution in [0, 0.1) is 11.8 Å². The molecule has 0 aliphatic heterocycles. The van der Waals surface area contributed by atoms with Crippen molar-refractivity contribution in [1.29, 1.82) is 0 Å². The van der Waals surface area contributed by atoms with Gasteiger partial charge in [0.25, 0.3) is 0 Å². The molecule has 0 aromatic carbocycles. The van der Waals surface area contributed by atoms with E-state index < -0.39 is 0 Å². The minimum atomic E-state index is -0.00995. The second-order valence-corrected chi connectivity index (χ2v) is 3.73. The zero-order chi connectivity index (χ0) is 7.14. The fraction of sp³-hybridized carbons (Fsp3) is 0.778. The van der Waals surface area contributed by atoms with Gasteiger partial charge in [-0.1, -0.05) is 12.2 Å². The number of hydrogen-bond acceptors (Lipinski definition) is 1. The van der Waals surface area contributed by atoms with E-state index in [0.29, 0.717) is 5.92 Å². The highest BCUT2D eigenvalue weighted by Crippen LogP contribution is 2.45. The molecule has 1 N–H and O–H groups in total. The normalized spacial score (nSPS) is 46.1. The quantitative estimate of drug-likeness (QED) is 0.505. The fourth-order valence-electron chi connectivity index (χ4n) is 2.47. The minimum absolute atomic E-state index is 0.00995. The van der Waals surface area contributed by atoms with Crippen LogP contribution in [0.1, 0.15) is 25.7 Å². The summed E-state index contributed by atoms with van der Waals surface area (Å²) in [6.07, 6.45) is 4.52. The molecule has 0 saturated heterocycles. The number of aliphatic hydroxyl groups is 1. The van der Waals surface area contributed by atoms with E-state index in [-0.39, 0.29) is 6.10 Å². The van der Waals surface area contributed by atoms with E-state index in [2.05, 4.69) is 6.58 Å². The lowest BCUT2D eigenvalue weighted by atomic mass is 9.99. The van der Waals surface area contributed by atoms with Gasteiger partial charge < -0.3 is 5.11 Å². The van der Waals surface area contributed by atoms with Crippen molar-refractivity contribution in [2.75, 3.05) is 0 Å². The van der Waals surface area contributed by atoms with Crippen LogP contribution in [0.25, 0.3) is 0 Å². The van der Waals surface area contributed by atoms with Crippen LogP contribution in [-0.2, 0) is 0 Å². The van der Waals surface area contributed by atoms with Gasteiger partial charge in [-0.3, -0.25) is 0 Å². The first kappa shape index (κ1) is 6.41. The Bertz CT molecular complexity index is 162. The van der Waals surface area contributed by atoms with E-state index in [1.54, 1.807) is 0 Å². The third-order valence-electron chi connectivity index (χ3n) is 3.01. The first-order valence-electron chi connectivity index (χ1n) is 4.12. The Balaban J connectivity index is 2.12. The number of allylic oxidation sites excluding steroid dienone is 1. The summed E-state index contributed by atoms with van der Waals surface area (Å²) in [5, 5.41) is 9.48. The Morgan fingerprint density at radius 2 is 2.10 bits per heavy atom. The molecule has 2 saturated carbocycles. The molecule has 56 valence electrons. The van der Waals surface area contributed by atoms with E-state index in [0.717, 1.165) is 18.8 Å². The summed E-state index contributed by atoms with van der Waals surface area (Å²) < 4.78 is 0. The Labute approximate surface area is 61.8 Å². The molecule has 2 fully saturated rings. The maximum Gasteiger partial charge on any atom is 0.0574 e. The van der Waals surface area contributed by atoms with E-state index >= 15 is 0 Å². The number of fused-ring (bicyclic) bond motifs is 1. The molecule has 0 heterocycles. The lowest BCUT2D eigenvalue weighted by molar-refractivity contribution is 0.128. The summed E-state index contributed by atoms with van der Waals surface area (Å²) in [6.45, 7) is 3.96. The van der Waals surface area contributed by atoms with E-state index in [9.17, 15) is 5.11 Å². The van der Waals surface area contributed by atoms with E-state index in [4.69, 9.17) is 0 Å². The van der Waals surface area contributed by atoms with E-state index in [1.807, 2.05) is 0 Å². The van der Waals surface area contributed by atoms with Crippen LogP contribution in [0.3, 0.4) is 0 Å². The van der Waals surface area contributed by atoms with Crippen molar-refractivity contribution in [1.82, 2.24) is 0 Å². The van der Waals surface area contributed by atoms with Gasteiger partial charge in [0.15, 0.2) is 0 Å². The molecule has 0 aromatic rings. The van der Waals surface area contributed by atoms with Gasteiger partial charge in [-0.2, -0.15) is 0 Å². The van der Waals surface area contributed by atoms with Crippen molar-refractivity contribution in [3.8, 4) is 0 Å². The highest BCUT2D eigenvalue weighted by atomic mass is 16.3. The Morgan fingerprint density at radius 1 is 1.30 bits per heavy atom. The Hall–Kier alpha value is -0.300. The van der Waals surface area contributed by atoms with Crippen molar-refractivity contribution >= 4 is 0 Å². The summed E-state index contributed by atoms with van der Waals surface area (Å²) in [5.74, 6) is 1.36. The lowest BCUT2D eigenvalue weighted by Gasteiger charge is -2.10. The summed E-state index contributed by atoms with van der Waals surface area (Å²) in [6, 6.07) is 0. The molecule has 0 spiro atoms. The van der Waals surface area contributed by atoms with Crippen molar-refractivity contribution in [2.24, 2.45) is 11.8 Å². The first-order chi connectivity index (χ1) is 4.77. The zero-order valence-electron chi connectivity index (χ0n) is 6.21. The van der Waals surface area contributed by atoms with Crippen LogP contribution in [-0.4, -0.2) is 11.2 Å². The maximum atomic E-state index is 9.48. The van der Waals surface area contributed by atoms with Crippen LogP contribution in [0.4, 0.5) is 0 Å². The molecule has 3 atom stereocenters. The number of rotatable bonds is 0. The van der Waals surface area contributed by atoms with Gasteiger partial charge in [-0.15, -0.1) is 0 Å². The topological polar surface area (TPSA) is 20.2 Å². The van der Waals surface area contributed by atoms with Crippen LogP contribution >= 0.6 is 0 Å². The summed E-state index contributed by atoms with van der Waals surface area (Å²) in [7, 11) is 0. The minimum Gasteiger partial charge on any atom is -0.393 e. The van der Waals surface area contributed by atoms with Gasteiger partial charge >= 0.3 is 0 Å². The largest absolute Gasteiger partial charge is 0.393 e. The van der Waals surface area contributed by atoms with Crippen molar-refractivity contribution < 1.29 is 5.11 Å². The molecule has 0 radical (unpaired) electrons. The average Bonchev–Trinajstić information content (AvgIpc) is 2.35. The average molecular weight is 138 g/mol. The highest BCUT2D eigenvalue weighted by Gasteiger charge is 2.39. The molecular formula is C9H14O. The van der Waals surface area contributed by atoms with Gasteiger partial charge in [0.05, 0.1) is 6.10 Å². The second kappa shape index (κ2) is 2.09. The summed E-state index contributed by atoms with van der Waals surface area (Å²) in [4.78, 5) is 0. The van der Waals surface area contributed by atoms with E-state index in [1.165, 1.54) is 18.4 Å². The number of aliphatic hydroxyl groups excluding tert-OH is 1. The standard InChI is InChI=1S/C9H14O/c1-6-4-7-2-3-9(10)8(7)5-6/h7-10H,1-5H2. The number of hydrogen-bond donors (Lipinski definition) is 1. The molecule has 1 nitrogen and oxygen atoms in total. The molecule has 0 bridgehead atoms. The monoisotopic (exact) mass is 138 g/mol. The van der Waals surface area contributed by atoms with Crippen molar-refractivity contribution in [2.45, 2.75) is 31.8 Å². The van der Waals surface area contributed by atoms with Crippen LogP contribution in [0.2, 0.25) is 0 Å². The molecule has 2 aliphatic rings. The zero-order valence-corrected chi connectivity index (χ0v) is 6.21. The first-order valence-corrected chi connectivity index (χ1v) is 4.12. The van der Waals surface area contributed by atoms with Gasteiger partial charge in [-0.25, -0.2) is 0 Å². The lowest BCUT2D eigenvalue weighted by Crippen LogP contribution is -2.13. The Morgan fingerprint density at radius 3 is 2.80 bits per heavy atom. The molecule has 10 heavy (non-hydrogen) atoms. The predicted molar refractivity (Wildman–Crippen MR) is 40.6 cm³/mol. The molecule has 1 heteroatoms. The molecule has 0 aromatic heterocycles. The fourth-order valence-corrected chi connectivity index (χ4v) is 2.47. The maximum absolute atomic E-state index is 9.48. The van der Waals surface area contributed by atoms with Gasteiger partial charge in [0.2, 0.25) is 0 Å². The van der Waals surface area contributed by atoms with Crippen molar-refractivity contribution in [3.05, 3.63) is 12.2 Å². The molecule has 2 rings (SSSR count). The molecule has 2 aliphatic carbocycles. The Kier molecular flexibility index (Phi) is 1.34. The third-order valence-corrected chi connectivity index (χ3v) is 3.01.